The van der Waals surface area contributed by atoms with E-state index in [-0.39, 0.29) is 0 Å². The summed E-state index contributed by atoms with van der Waals surface area (Å²) in [6.07, 6.45) is 14.1. The molecule has 4 heteroatoms. The van der Waals surface area contributed by atoms with Crippen LogP contribution in [0.25, 0.3) is 0 Å². The number of rotatable bonds is 13. The molecule has 0 amide bonds. The van der Waals surface area contributed by atoms with Crippen molar-refractivity contribution in [2.24, 2.45) is 0 Å². The fourth-order valence-corrected chi connectivity index (χ4v) is 1.96. The highest BCUT2D eigenvalue weighted by Crippen LogP contribution is 2.11. The molecule has 0 heterocycles. The number of carboxylic acids is 2. The number of carbonyl (C=O) groups is 2. The lowest BCUT2D eigenvalue weighted by Crippen LogP contribution is -1.93. The van der Waals surface area contributed by atoms with Crippen molar-refractivity contribution in [2.45, 2.75) is 70.6 Å². The second-order valence-electron chi connectivity index (χ2n) is 4.86. The zero-order chi connectivity index (χ0) is 14.3. The van der Waals surface area contributed by atoms with E-state index in [2.05, 4.69) is 0 Å². The van der Waals surface area contributed by atoms with Crippen LogP contribution in [-0.4, -0.2) is 22.2 Å². The average molecular weight is 270 g/mol. The van der Waals surface area contributed by atoms with Crippen LogP contribution in [0.1, 0.15) is 70.6 Å². The van der Waals surface area contributed by atoms with Gasteiger partial charge in [-0.05, 0) is 19.3 Å². The monoisotopic (exact) mass is 270 g/mol. The summed E-state index contributed by atoms with van der Waals surface area (Å²) in [5.41, 5.74) is 0. The first-order valence-electron chi connectivity index (χ1n) is 7.24. The molecule has 0 radical (unpaired) electrons. The van der Waals surface area contributed by atoms with Crippen molar-refractivity contribution >= 4 is 11.9 Å². The first-order valence-corrected chi connectivity index (χ1v) is 7.24. The smallest absolute Gasteiger partial charge is 0.327 e. The Labute approximate surface area is 115 Å². The zero-order valence-electron chi connectivity index (χ0n) is 11.6. The van der Waals surface area contributed by atoms with Gasteiger partial charge in [0.25, 0.3) is 0 Å². The fourth-order valence-electron chi connectivity index (χ4n) is 1.96. The van der Waals surface area contributed by atoms with E-state index in [0.29, 0.717) is 6.42 Å². The molecule has 110 valence electrons. The third kappa shape index (κ3) is 16.7. The van der Waals surface area contributed by atoms with Crippen LogP contribution in [0.15, 0.2) is 12.2 Å². The van der Waals surface area contributed by atoms with E-state index in [4.69, 9.17) is 10.2 Å². The van der Waals surface area contributed by atoms with Gasteiger partial charge in [-0.3, -0.25) is 4.79 Å². The Morgan fingerprint density at radius 3 is 1.68 bits per heavy atom. The van der Waals surface area contributed by atoms with Crippen molar-refractivity contribution in [3.8, 4) is 0 Å². The van der Waals surface area contributed by atoms with Crippen molar-refractivity contribution in [1.29, 1.82) is 0 Å². The van der Waals surface area contributed by atoms with Gasteiger partial charge in [-0.2, -0.15) is 0 Å². The normalized spacial score (nSPS) is 10.9. The Kier molecular flexibility index (Phi) is 12.2. The van der Waals surface area contributed by atoms with E-state index in [1.807, 2.05) is 0 Å². The Bertz CT molecular complexity index is 271. The van der Waals surface area contributed by atoms with Gasteiger partial charge in [-0.1, -0.05) is 51.0 Å². The van der Waals surface area contributed by atoms with Crippen LogP contribution in [0.3, 0.4) is 0 Å². The molecule has 0 atom stereocenters. The summed E-state index contributed by atoms with van der Waals surface area (Å²) in [4.78, 5) is 20.5. The van der Waals surface area contributed by atoms with E-state index in [9.17, 15) is 9.59 Å². The molecule has 0 aliphatic rings. The van der Waals surface area contributed by atoms with Gasteiger partial charge >= 0.3 is 11.9 Å². The molecule has 0 bridgehead atoms. The molecule has 0 fully saturated rings. The van der Waals surface area contributed by atoms with Crippen LogP contribution in [0.4, 0.5) is 0 Å². The van der Waals surface area contributed by atoms with E-state index < -0.39 is 11.9 Å². The maximum atomic E-state index is 10.3. The third-order valence-corrected chi connectivity index (χ3v) is 3.02. The minimum absolute atomic E-state index is 0.295. The maximum Gasteiger partial charge on any atom is 0.327 e. The predicted octanol–water partition coefficient (Wildman–Crippen LogP) is 4.00. The second-order valence-corrected chi connectivity index (χ2v) is 4.86. The Morgan fingerprint density at radius 1 is 0.737 bits per heavy atom. The number of hydrogen-bond acceptors (Lipinski definition) is 2. The minimum Gasteiger partial charge on any atom is -0.481 e. The molecule has 0 aliphatic carbocycles. The summed E-state index contributed by atoms with van der Waals surface area (Å²) in [7, 11) is 0. The van der Waals surface area contributed by atoms with Crippen LogP contribution < -0.4 is 0 Å². The lowest BCUT2D eigenvalue weighted by Gasteiger charge is -2.01. The molecule has 0 aliphatic heterocycles. The van der Waals surface area contributed by atoms with Crippen LogP contribution in [0, 0.1) is 0 Å². The lowest BCUT2D eigenvalue weighted by molar-refractivity contribution is -0.137. The van der Waals surface area contributed by atoms with Gasteiger partial charge in [0.05, 0.1) is 0 Å². The van der Waals surface area contributed by atoms with Crippen LogP contribution in [0.2, 0.25) is 0 Å². The summed E-state index contributed by atoms with van der Waals surface area (Å²) in [5.74, 6) is -1.57. The van der Waals surface area contributed by atoms with Gasteiger partial charge < -0.3 is 10.2 Å². The first-order chi connectivity index (χ1) is 9.13. The number of carboxylic acid groups (broad SMARTS) is 2. The molecule has 0 aromatic rings. The van der Waals surface area contributed by atoms with Crippen molar-refractivity contribution in [2.75, 3.05) is 0 Å². The van der Waals surface area contributed by atoms with Gasteiger partial charge in [0.15, 0.2) is 0 Å². The highest BCUT2D eigenvalue weighted by molar-refractivity contribution is 5.79. The molecule has 0 aromatic heterocycles. The predicted molar refractivity (Wildman–Crippen MR) is 75.2 cm³/mol. The van der Waals surface area contributed by atoms with Gasteiger partial charge in [0.2, 0.25) is 0 Å². The van der Waals surface area contributed by atoms with E-state index in [1.165, 1.54) is 31.8 Å². The molecule has 0 saturated carbocycles. The van der Waals surface area contributed by atoms with Crippen molar-refractivity contribution < 1.29 is 19.8 Å². The highest BCUT2D eigenvalue weighted by Gasteiger charge is 1.96. The summed E-state index contributed by atoms with van der Waals surface area (Å²) in [6.45, 7) is 0. The molecule has 0 spiro atoms. The van der Waals surface area contributed by atoms with Crippen LogP contribution in [0.5, 0.6) is 0 Å². The van der Waals surface area contributed by atoms with Crippen molar-refractivity contribution in [3.63, 3.8) is 0 Å². The summed E-state index contributed by atoms with van der Waals surface area (Å²) in [6, 6.07) is 0. The first kappa shape index (κ1) is 17.7. The molecule has 0 unspecified atom stereocenters. The van der Waals surface area contributed by atoms with Gasteiger partial charge in [0, 0.05) is 12.5 Å². The molecule has 0 rings (SSSR count). The SMILES string of the molecule is O=C(O)/C=C/CCCCCCCCCCCC(=O)O. The molecule has 2 N–H and O–H groups in total. The Hall–Kier alpha value is -1.32. The van der Waals surface area contributed by atoms with Crippen molar-refractivity contribution in [3.05, 3.63) is 12.2 Å². The quantitative estimate of drug-likeness (QED) is 0.392. The average Bonchev–Trinajstić information content (AvgIpc) is 2.34. The summed E-state index contributed by atoms with van der Waals surface area (Å²) >= 11 is 0. The maximum absolute atomic E-state index is 10.3. The number of unbranched alkanes of at least 4 members (excludes halogenated alkanes) is 9. The van der Waals surface area contributed by atoms with Crippen LogP contribution >= 0.6 is 0 Å². The van der Waals surface area contributed by atoms with E-state index in [1.54, 1.807) is 6.08 Å². The number of allylic oxidation sites excluding steroid dienone is 1. The van der Waals surface area contributed by atoms with Crippen LogP contribution in [-0.2, 0) is 9.59 Å². The minimum atomic E-state index is -0.872. The molecule has 0 aromatic carbocycles. The summed E-state index contributed by atoms with van der Waals surface area (Å²) in [5, 5.41) is 16.9. The Morgan fingerprint density at radius 2 is 1.21 bits per heavy atom. The Balaban J connectivity index is 3.07. The second kappa shape index (κ2) is 13.1. The van der Waals surface area contributed by atoms with Gasteiger partial charge in [-0.15, -0.1) is 0 Å². The van der Waals surface area contributed by atoms with Crippen molar-refractivity contribution in [1.82, 2.24) is 0 Å². The molecule has 4 nitrogen and oxygen atoms in total. The summed E-state index contributed by atoms with van der Waals surface area (Å²) < 4.78 is 0. The largest absolute Gasteiger partial charge is 0.481 e. The molecule has 0 saturated heterocycles. The molecular formula is C15H26O4. The molecule has 19 heavy (non-hydrogen) atoms. The standard InChI is InChI=1S/C15H26O4/c16-14(17)12-10-8-6-4-2-1-3-5-7-9-11-13-15(18)19/h10,12H,1-9,11,13H2,(H,16,17)(H,18,19)/b12-10+. The number of hydrogen-bond donors (Lipinski definition) is 2. The number of aliphatic carboxylic acids is 2. The van der Waals surface area contributed by atoms with Gasteiger partial charge in [-0.25, -0.2) is 4.79 Å². The third-order valence-electron chi connectivity index (χ3n) is 3.02. The lowest BCUT2D eigenvalue weighted by atomic mass is 10.1. The zero-order valence-corrected chi connectivity index (χ0v) is 11.6. The topological polar surface area (TPSA) is 74.6 Å². The van der Waals surface area contributed by atoms with E-state index >= 15 is 0 Å². The fraction of sp³-hybridized carbons (Fsp3) is 0.733. The highest BCUT2D eigenvalue weighted by atomic mass is 16.4. The van der Waals surface area contributed by atoms with E-state index in [0.717, 1.165) is 38.5 Å². The molecular weight excluding hydrogens is 244 g/mol. The van der Waals surface area contributed by atoms with Gasteiger partial charge in [0.1, 0.15) is 0 Å².